The number of carbonyl (C=O) groups excluding carboxylic acids is 1. The van der Waals surface area contributed by atoms with Gasteiger partial charge in [0.1, 0.15) is 29.8 Å². The molecule has 0 aromatic heterocycles. The smallest absolute Gasteiger partial charge is 0.341 e. The summed E-state index contributed by atoms with van der Waals surface area (Å²) in [7, 11) is 1.54. The van der Waals surface area contributed by atoms with Gasteiger partial charge in [-0.15, -0.1) is 12.4 Å². The van der Waals surface area contributed by atoms with Gasteiger partial charge in [-0.2, -0.15) is 0 Å². The van der Waals surface area contributed by atoms with Gasteiger partial charge in [-0.3, -0.25) is 0 Å². The van der Waals surface area contributed by atoms with Crippen LogP contribution >= 0.6 is 12.4 Å². The molecule has 0 bridgehead atoms. The van der Waals surface area contributed by atoms with Crippen LogP contribution in [0.2, 0.25) is 0 Å². The third kappa shape index (κ3) is 7.49. The normalized spacial score (nSPS) is 11.4. The maximum Gasteiger partial charge on any atom is 0.341 e. The van der Waals surface area contributed by atoms with Crippen molar-refractivity contribution in [2.45, 2.75) is 19.1 Å². The number of aliphatic hydroxyl groups excluding tert-OH is 1. The van der Waals surface area contributed by atoms with Crippen molar-refractivity contribution >= 4 is 18.4 Å². The highest BCUT2D eigenvalue weighted by Crippen LogP contribution is 2.26. The lowest BCUT2D eigenvalue weighted by Gasteiger charge is -2.22. The number of methoxy groups -OCH3 is 1. The number of hydrogen-bond acceptors (Lipinski definition) is 6. The largest absolute Gasteiger partial charge is 0.497 e. The zero-order valence-corrected chi connectivity index (χ0v) is 19.6. The molecule has 0 aliphatic heterocycles. The summed E-state index contributed by atoms with van der Waals surface area (Å²) in [5.74, 6) is 0.379. The molecule has 0 spiro atoms. The number of carbonyl (C=O) groups is 1. The van der Waals surface area contributed by atoms with E-state index in [2.05, 4.69) is 29.6 Å². The number of aliphatic hydroxyl groups is 1. The third-order valence-corrected chi connectivity index (χ3v) is 4.94. The predicted octanol–water partition coefficient (Wildman–Crippen LogP) is 4.41. The minimum absolute atomic E-state index is 0. The molecule has 0 amide bonds. The molecule has 1 unspecified atom stereocenters. The van der Waals surface area contributed by atoms with E-state index in [0.717, 1.165) is 11.1 Å². The van der Waals surface area contributed by atoms with Crippen LogP contribution in [0.25, 0.3) is 0 Å². The quantitative estimate of drug-likeness (QED) is 0.403. The summed E-state index contributed by atoms with van der Waals surface area (Å²) in [6, 6.07) is 24.9. The first kappa shape index (κ1) is 26.2. The zero-order chi connectivity index (χ0) is 22.8. The molecule has 0 saturated carbocycles. The Morgan fingerprint density at radius 2 is 1.58 bits per heavy atom. The van der Waals surface area contributed by atoms with Crippen LogP contribution in [0.5, 0.6) is 11.5 Å². The lowest BCUT2D eigenvalue weighted by molar-refractivity contribution is 0.0515. The van der Waals surface area contributed by atoms with Crippen LogP contribution in [-0.2, 0) is 4.74 Å². The van der Waals surface area contributed by atoms with Gasteiger partial charge >= 0.3 is 5.97 Å². The summed E-state index contributed by atoms with van der Waals surface area (Å²) in [4.78, 5) is 12.2. The molecule has 176 valence electrons. The molecule has 3 rings (SSSR count). The van der Waals surface area contributed by atoms with Crippen LogP contribution in [0.15, 0.2) is 78.9 Å². The van der Waals surface area contributed by atoms with Gasteiger partial charge in [-0.05, 0) is 30.2 Å². The van der Waals surface area contributed by atoms with Gasteiger partial charge < -0.3 is 24.6 Å². The molecule has 0 aliphatic rings. The Balaban J connectivity index is 0.00000385. The molecule has 0 saturated heterocycles. The van der Waals surface area contributed by atoms with E-state index >= 15 is 0 Å². The second kappa shape index (κ2) is 13.5. The van der Waals surface area contributed by atoms with Crippen LogP contribution in [0.3, 0.4) is 0 Å². The average Bonchev–Trinajstić information content (AvgIpc) is 2.84. The van der Waals surface area contributed by atoms with Crippen LogP contribution in [0, 0.1) is 0 Å². The number of rotatable bonds is 11. The summed E-state index contributed by atoms with van der Waals surface area (Å²) >= 11 is 0. The second-order valence-electron chi connectivity index (χ2n) is 7.21. The Hall–Kier alpha value is -3.06. The van der Waals surface area contributed by atoms with Crippen molar-refractivity contribution in [2.24, 2.45) is 0 Å². The topological polar surface area (TPSA) is 77.0 Å². The fourth-order valence-corrected chi connectivity index (χ4v) is 3.34. The van der Waals surface area contributed by atoms with E-state index in [4.69, 9.17) is 14.2 Å². The molecule has 0 heterocycles. The number of esters is 1. The van der Waals surface area contributed by atoms with Crippen molar-refractivity contribution in [1.82, 2.24) is 5.32 Å². The molecule has 3 aromatic carbocycles. The summed E-state index contributed by atoms with van der Waals surface area (Å²) in [5.41, 5.74) is 2.49. The monoisotopic (exact) mass is 471 g/mol. The van der Waals surface area contributed by atoms with Gasteiger partial charge in [0.05, 0.1) is 19.8 Å². The highest BCUT2D eigenvalue weighted by atomic mass is 35.5. The summed E-state index contributed by atoms with van der Waals surface area (Å²) in [6.45, 7) is 2.31. The standard InChI is InChI=1S/C26H29NO5.ClH/c1-3-31-26(29)23-15-14-22(30-2)16-24(23)32-18-21(28)17-27-25(19-10-6-4-7-11-19)20-12-8-5-9-13-20;/h4-16,21,25,27-28H,3,17-18H2,1-2H3;1H. The molecule has 1 atom stereocenters. The molecule has 7 heteroatoms. The minimum atomic E-state index is -0.800. The van der Waals surface area contributed by atoms with E-state index in [1.54, 1.807) is 25.1 Å². The maximum atomic E-state index is 12.2. The summed E-state index contributed by atoms with van der Waals surface area (Å²) in [5, 5.41) is 14.0. The van der Waals surface area contributed by atoms with Gasteiger partial charge in [0, 0.05) is 12.6 Å². The first-order valence-corrected chi connectivity index (χ1v) is 10.6. The molecule has 3 aromatic rings. The first-order chi connectivity index (χ1) is 15.6. The van der Waals surface area contributed by atoms with Crippen LogP contribution in [0.1, 0.15) is 34.5 Å². The summed E-state index contributed by atoms with van der Waals surface area (Å²) < 4.78 is 16.1. The van der Waals surface area contributed by atoms with Crippen molar-refractivity contribution in [3.63, 3.8) is 0 Å². The molecular formula is C26H30ClNO5. The molecule has 33 heavy (non-hydrogen) atoms. The van der Waals surface area contributed by atoms with Crippen molar-refractivity contribution < 1.29 is 24.1 Å². The maximum absolute atomic E-state index is 12.2. The van der Waals surface area contributed by atoms with E-state index in [1.165, 1.54) is 7.11 Å². The number of hydrogen-bond donors (Lipinski definition) is 2. The Morgan fingerprint density at radius 1 is 0.970 bits per heavy atom. The lowest BCUT2D eigenvalue weighted by Crippen LogP contribution is -2.34. The van der Waals surface area contributed by atoms with E-state index in [-0.39, 0.29) is 31.7 Å². The van der Waals surface area contributed by atoms with Crippen LogP contribution in [0.4, 0.5) is 0 Å². The van der Waals surface area contributed by atoms with Gasteiger partial charge in [0.25, 0.3) is 0 Å². The van der Waals surface area contributed by atoms with E-state index < -0.39 is 12.1 Å². The van der Waals surface area contributed by atoms with Gasteiger partial charge in [0.2, 0.25) is 0 Å². The Kier molecular flexibility index (Phi) is 10.7. The number of halogens is 1. The van der Waals surface area contributed by atoms with Crippen LogP contribution < -0.4 is 14.8 Å². The molecular weight excluding hydrogens is 442 g/mol. The molecule has 2 N–H and O–H groups in total. The van der Waals surface area contributed by atoms with E-state index in [9.17, 15) is 9.90 Å². The zero-order valence-electron chi connectivity index (χ0n) is 18.8. The Morgan fingerprint density at radius 3 is 2.12 bits per heavy atom. The highest BCUT2D eigenvalue weighted by molar-refractivity contribution is 5.92. The third-order valence-electron chi connectivity index (χ3n) is 4.94. The Labute approximate surface area is 200 Å². The molecule has 0 radical (unpaired) electrons. The van der Waals surface area contributed by atoms with E-state index in [0.29, 0.717) is 23.6 Å². The molecule has 6 nitrogen and oxygen atoms in total. The highest BCUT2D eigenvalue weighted by Gasteiger charge is 2.18. The minimum Gasteiger partial charge on any atom is -0.497 e. The fourth-order valence-electron chi connectivity index (χ4n) is 3.34. The van der Waals surface area contributed by atoms with Crippen LogP contribution in [-0.4, -0.2) is 44.0 Å². The summed E-state index contributed by atoms with van der Waals surface area (Å²) in [6.07, 6.45) is -0.800. The van der Waals surface area contributed by atoms with E-state index in [1.807, 2.05) is 36.4 Å². The fraction of sp³-hybridized carbons (Fsp3) is 0.269. The van der Waals surface area contributed by atoms with Crippen molar-refractivity contribution in [2.75, 3.05) is 26.9 Å². The average molecular weight is 472 g/mol. The SMILES string of the molecule is CCOC(=O)c1ccc(OC)cc1OCC(O)CNC(c1ccccc1)c1ccccc1.Cl. The predicted molar refractivity (Wildman–Crippen MR) is 130 cm³/mol. The Bertz CT molecular complexity index is 945. The second-order valence-corrected chi connectivity index (χ2v) is 7.21. The van der Waals surface area contributed by atoms with Crippen molar-refractivity contribution in [3.05, 3.63) is 95.6 Å². The van der Waals surface area contributed by atoms with Gasteiger partial charge in [0.15, 0.2) is 0 Å². The number of benzene rings is 3. The number of ether oxygens (including phenoxy) is 3. The molecule has 0 aliphatic carbocycles. The van der Waals surface area contributed by atoms with Gasteiger partial charge in [-0.1, -0.05) is 60.7 Å². The van der Waals surface area contributed by atoms with Gasteiger partial charge in [-0.25, -0.2) is 4.79 Å². The molecule has 0 fully saturated rings. The van der Waals surface area contributed by atoms with Crippen molar-refractivity contribution in [3.8, 4) is 11.5 Å². The first-order valence-electron chi connectivity index (χ1n) is 10.6. The number of nitrogens with one attached hydrogen (secondary N) is 1. The lowest BCUT2D eigenvalue weighted by atomic mass is 9.98. The van der Waals surface area contributed by atoms with Crippen molar-refractivity contribution in [1.29, 1.82) is 0 Å².